The summed E-state index contributed by atoms with van der Waals surface area (Å²) in [4.78, 5) is 0. The van der Waals surface area contributed by atoms with Crippen molar-refractivity contribution in [3.63, 3.8) is 0 Å². The van der Waals surface area contributed by atoms with Gasteiger partial charge >= 0.3 is 0 Å². The Morgan fingerprint density at radius 2 is 0.561 bits per heavy atom. The van der Waals surface area contributed by atoms with E-state index in [1.165, 1.54) is 45.5 Å². The lowest BCUT2D eigenvalue weighted by Crippen LogP contribution is -2.33. The van der Waals surface area contributed by atoms with E-state index in [2.05, 4.69) is 130 Å². The fraction of sp³-hybridized carbons (Fsp3) is 0.429. The second kappa shape index (κ2) is 27.0. The van der Waals surface area contributed by atoms with Gasteiger partial charge in [0.1, 0.15) is 103 Å². The third-order valence-corrected chi connectivity index (χ3v) is 21.0. The highest BCUT2D eigenvalue weighted by atomic mass is 16.5. The maximum Gasteiger partial charge on any atom is 0.129 e. The van der Waals surface area contributed by atoms with Crippen LogP contribution in [0.1, 0.15) is 196 Å². The van der Waals surface area contributed by atoms with Crippen LogP contribution in [0.2, 0.25) is 0 Å². The van der Waals surface area contributed by atoms with E-state index in [1.807, 2.05) is 24.3 Å². The third kappa shape index (κ3) is 14.4. The molecule has 0 bridgehead atoms. The van der Waals surface area contributed by atoms with Crippen LogP contribution in [0.3, 0.4) is 0 Å². The van der Waals surface area contributed by atoms with Gasteiger partial charge in [-0.25, -0.2) is 0 Å². The van der Waals surface area contributed by atoms with Gasteiger partial charge < -0.3 is 68.5 Å². The Balaban J connectivity index is 0.000000118. The Morgan fingerprint density at radius 1 is 0.316 bits per heavy atom. The molecule has 98 heavy (non-hydrogen) atoms. The summed E-state index contributed by atoms with van der Waals surface area (Å²) in [6.45, 7) is 23.4. The molecule has 8 aromatic carbocycles. The van der Waals surface area contributed by atoms with Crippen molar-refractivity contribution in [3.8, 4) is 80.5 Å². The van der Waals surface area contributed by atoms with Crippen LogP contribution in [0.25, 0.3) is 0 Å². The average molecular weight is 1330 g/mol. The van der Waals surface area contributed by atoms with E-state index in [-0.39, 0.29) is 69.1 Å². The molecule has 14 nitrogen and oxygen atoms in total. The van der Waals surface area contributed by atoms with Crippen molar-refractivity contribution in [2.24, 2.45) is 0 Å². The number of phenols is 6. The second-order valence-electron chi connectivity index (χ2n) is 30.4. The van der Waals surface area contributed by atoms with Crippen molar-refractivity contribution in [1.82, 2.24) is 0 Å². The molecule has 0 radical (unpaired) electrons. The minimum atomic E-state index is -0.129. The van der Waals surface area contributed by atoms with Gasteiger partial charge in [0.05, 0.1) is 26.4 Å². The van der Waals surface area contributed by atoms with Gasteiger partial charge in [-0.15, -0.1) is 0 Å². The zero-order chi connectivity index (χ0) is 69.0. The SMILES string of the molecule is CC1(C)CCc2c(ccc3c2OC[C@@H](c2ccc(O)cc2O)C3)O1.CC1(C)CCc2c(ccc3c2OC[C@H](c2ccc(O)cc2O)C3)O1.CCc1ccc([C@@H]2COc3c(ccc4c3CCC(C)(C)O4)C2)c(O)c1.CCc1ccc([C@H]2COc3c(ccc4c3CCC(C)(C)O4)C2)c(O)c1. The molecule has 0 fully saturated rings. The minimum Gasteiger partial charge on any atom is -0.508 e. The molecular formula is C84H96O14. The maximum absolute atomic E-state index is 10.4. The van der Waals surface area contributed by atoms with E-state index >= 15 is 0 Å². The molecule has 0 aromatic heterocycles. The second-order valence-corrected chi connectivity index (χ2v) is 30.4. The zero-order valence-corrected chi connectivity index (χ0v) is 58.5. The van der Waals surface area contributed by atoms with Gasteiger partial charge in [0, 0.05) is 80.3 Å². The number of rotatable bonds is 6. The number of phenolic OH excluding ortho intramolecular Hbond substituents is 6. The fourth-order valence-corrected chi connectivity index (χ4v) is 15.3. The van der Waals surface area contributed by atoms with Gasteiger partial charge in [-0.3, -0.25) is 0 Å². The Hall–Kier alpha value is -9.04. The molecule has 0 unspecified atom stereocenters. The summed E-state index contributed by atoms with van der Waals surface area (Å²) in [5.41, 5.74) is 14.9. The number of benzene rings is 8. The maximum atomic E-state index is 10.4. The first-order valence-corrected chi connectivity index (χ1v) is 35.3. The summed E-state index contributed by atoms with van der Waals surface area (Å²) in [7, 11) is 0. The quantitative estimate of drug-likeness (QED) is 0.0920. The van der Waals surface area contributed by atoms with Gasteiger partial charge in [-0.1, -0.05) is 74.5 Å². The number of hydrogen-bond acceptors (Lipinski definition) is 14. The number of fused-ring (bicyclic) bond motifs is 12. The normalized spacial score (nSPS) is 21.0. The van der Waals surface area contributed by atoms with Crippen molar-refractivity contribution < 1.29 is 68.5 Å². The van der Waals surface area contributed by atoms with E-state index in [4.69, 9.17) is 37.9 Å². The molecule has 0 spiro atoms. The van der Waals surface area contributed by atoms with Crippen LogP contribution >= 0.6 is 0 Å². The summed E-state index contributed by atoms with van der Waals surface area (Å²) in [6.07, 6.45) is 13.1. The van der Waals surface area contributed by atoms with Crippen LogP contribution in [-0.2, 0) is 64.2 Å². The van der Waals surface area contributed by atoms with Crippen molar-refractivity contribution in [3.05, 3.63) is 199 Å². The van der Waals surface area contributed by atoms with Crippen LogP contribution in [0.4, 0.5) is 0 Å². The lowest BCUT2D eigenvalue weighted by molar-refractivity contribution is 0.0822. The van der Waals surface area contributed by atoms with Crippen molar-refractivity contribution in [2.75, 3.05) is 26.4 Å². The van der Waals surface area contributed by atoms with Gasteiger partial charge in [0.25, 0.3) is 0 Å². The molecule has 6 N–H and O–H groups in total. The lowest BCUT2D eigenvalue weighted by atomic mass is 9.86. The predicted octanol–water partition coefficient (Wildman–Crippen LogP) is 17.4. The first kappa shape index (κ1) is 67.5. The first-order chi connectivity index (χ1) is 46.8. The van der Waals surface area contributed by atoms with Gasteiger partial charge in [0.2, 0.25) is 0 Å². The molecule has 8 heterocycles. The first-order valence-electron chi connectivity index (χ1n) is 35.3. The highest BCUT2D eigenvalue weighted by molar-refractivity contribution is 5.58. The summed E-state index contributed by atoms with van der Waals surface area (Å²) in [5.74, 6) is 9.41. The molecule has 4 atom stereocenters. The molecule has 8 aliphatic heterocycles. The van der Waals surface area contributed by atoms with Crippen molar-refractivity contribution >= 4 is 0 Å². The summed E-state index contributed by atoms with van der Waals surface area (Å²) in [6, 6.07) is 38.2. The summed E-state index contributed by atoms with van der Waals surface area (Å²) in [5, 5.41) is 59.9. The third-order valence-electron chi connectivity index (χ3n) is 21.0. The monoisotopic (exact) mass is 1330 g/mol. The van der Waals surface area contributed by atoms with Gasteiger partial charge in [-0.2, -0.15) is 0 Å². The van der Waals surface area contributed by atoms with Crippen LogP contribution in [0.5, 0.6) is 80.5 Å². The van der Waals surface area contributed by atoms with Crippen molar-refractivity contribution in [1.29, 1.82) is 0 Å². The van der Waals surface area contributed by atoms with Gasteiger partial charge in [-0.05, 0) is 227 Å². The topological polar surface area (TPSA) is 195 Å². The van der Waals surface area contributed by atoms with E-state index in [9.17, 15) is 30.6 Å². The van der Waals surface area contributed by atoms with E-state index in [1.54, 1.807) is 24.3 Å². The molecule has 516 valence electrons. The largest absolute Gasteiger partial charge is 0.508 e. The smallest absolute Gasteiger partial charge is 0.129 e. The molecule has 8 aliphatic rings. The molecule has 14 heteroatoms. The Kier molecular flexibility index (Phi) is 18.6. The molecule has 16 rings (SSSR count). The molecular weight excluding hydrogens is 1230 g/mol. The number of aromatic hydroxyl groups is 6. The molecule has 0 saturated heterocycles. The van der Waals surface area contributed by atoms with E-state index < -0.39 is 0 Å². The Labute approximate surface area is 577 Å². The van der Waals surface area contributed by atoms with Crippen LogP contribution in [0.15, 0.2) is 121 Å². The highest BCUT2D eigenvalue weighted by Gasteiger charge is 2.38. The van der Waals surface area contributed by atoms with Gasteiger partial charge in [0.15, 0.2) is 0 Å². The molecule has 0 amide bonds. The molecule has 8 aromatic rings. The fourth-order valence-electron chi connectivity index (χ4n) is 15.3. The Morgan fingerprint density at radius 3 is 0.796 bits per heavy atom. The van der Waals surface area contributed by atoms with Crippen LogP contribution < -0.4 is 37.9 Å². The average Bonchev–Trinajstić information content (AvgIpc) is 0.786. The minimum absolute atomic E-state index is 0.0715. The summed E-state index contributed by atoms with van der Waals surface area (Å²) >= 11 is 0. The van der Waals surface area contributed by atoms with Crippen LogP contribution in [-0.4, -0.2) is 79.5 Å². The summed E-state index contributed by atoms with van der Waals surface area (Å²) < 4.78 is 48.9. The molecule has 0 aliphatic carbocycles. The van der Waals surface area contributed by atoms with Crippen molar-refractivity contribution in [2.45, 2.75) is 205 Å². The predicted molar refractivity (Wildman–Crippen MR) is 380 cm³/mol. The van der Waals surface area contributed by atoms with E-state index in [0.29, 0.717) is 37.9 Å². The number of ether oxygens (including phenoxy) is 8. The standard InChI is InChI=1S/2C22H26O3.2C20H22O4/c2*1-4-14-5-7-17(19(23)11-14)16-12-15-6-8-20-18(21(15)24-13-16)9-10-22(2,3)25-20;2*1-20(2)8-7-16-18(24-20)6-3-12-9-13(11-23-19(12)16)15-5-4-14(21)10-17(15)22/h2*5-8,11,16,23H,4,9-10,12-13H2,1-3H3;2*3-6,10,13,21-22H,7-9,11H2,1-2H3/t2*16-;2*13-/m1010/s1. The van der Waals surface area contributed by atoms with Crippen LogP contribution in [0, 0.1) is 0 Å². The lowest BCUT2D eigenvalue weighted by Gasteiger charge is -2.35. The number of hydrogen-bond donors (Lipinski definition) is 6. The van der Waals surface area contributed by atoms with E-state index in [0.717, 1.165) is 180 Å². The number of aryl methyl sites for hydroxylation is 2. The zero-order valence-electron chi connectivity index (χ0n) is 58.5. The molecule has 0 saturated carbocycles. The highest BCUT2D eigenvalue weighted by Crippen LogP contribution is 2.50. The Bertz CT molecular complexity index is 4020.